The van der Waals surface area contributed by atoms with Crippen LogP contribution in [0.1, 0.15) is 138 Å². The van der Waals surface area contributed by atoms with Crippen LogP contribution in [0, 0.1) is 23.2 Å². The van der Waals surface area contributed by atoms with Crippen molar-refractivity contribution in [2.75, 3.05) is 6.61 Å². The number of esters is 1. The number of aryl methyl sites for hydroxylation is 1. The molecule has 1 aliphatic rings. The highest BCUT2D eigenvalue weighted by Gasteiger charge is 2.21. The molecule has 0 atom stereocenters. The van der Waals surface area contributed by atoms with Crippen LogP contribution in [0.4, 0.5) is 0 Å². The second-order valence-corrected chi connectivity index (χ2v) is 12.2. The molecule has 0 saturated heterocycles. The van der Waals surface area contributed by atoms with Gasteiger partial charge in [0.15, 0.2) is 0 Å². The van der Waals surface area contributed by atoms with Gasteiger partial charge < -0.3 is 9.47 Å². The average Bonchev–Trinajstić information content (AvgIpc) is 3.02. The molecule has 0 spiro atoms. The van der Waals surface area contributed by atoms with E-state index in [0.717, 1.165) is 48.8 Å². The maximum absolute atomic E-state index is 12.8. The van der Waals surface area contributed by atoms with E-state index < -0.39 is 5.97 Å². The van der Waals surface area contributed by atoms with Crippen molar-refractivity contribution in [1.29, 1.82) is 5.26 Å². The molecule has 0 radical (unpaired) electrons. The van der Waals surface area contributed by atoms with E-state index in [1.54, 1.807) is 18.2 Å². The SMILES string of the molecule is C=CCCCCCCCCCOc1ccc(C(=O)Oc2ccc(CC[C@H]3CC[C@H](CCCCC)CC3)cc2C#N)cc1. The zero-order chi connectivity index (χ0) is 29.8. The van der Waals surface area contributed by atoms with Crippen LogP contribution < -0.4 is 9.47 Å². The minimum atomic E-state index is -0.463. The van der Waals surface area contributed by atoms with Crippen LogP contribution in [0.15, 0.2) is 55.1 Å². The van der Waals surface area contributed by atoms with Gasteiger partial charge in [-0.15, -0.1) is 6.58 Å². The second kappa shape index (κ2) is 20.0. The molecule has 3 rings (SSSR count). The van der Waals surface area contributed by atoms with Crippen molar-refractivity contribution in [3.63, 3.8) is 0 Å². The molecule has 0 aliphatic heterocycles. The molecule has 4 heteroatoms. The highest BCUT2D eigenvalue weighted by Crippen LogP contribution is 2.34. The number of hydrogen-bond acceptors (Lipinski definition) is 4. The summed E-state index contributed by atoms with van der Waals surface area (Å²) >= 11 is 0. The Morgan fingerprint density at radius 2 is 1.55 bits per heavy atom. The molecule has 1 fully saturated rings. The molecule has 1 saturated carbocycles. The number of allylic oxidation sites excluding steroid dienone is 1. The maximum Gasteiger partial charge on any atom is 0.343 e. The Balaban J connectivity index is 1.36. The van der Waals surface area contributed by atoms with Gasteiger partial charge in [0, 0.05) is 0 Å². The number of unbranched alkanes of at least 4 members (excludes halogenated alkanes) is 9. The molecule has 0 aromatic heterocycles. The van der Waals surface area contributed by atoms with Gasteiger partial charge in [0.1, 0.15) is 17.6 Å². The monoisotopic (exact) mass is 571 g/mol. The van der Waals surface area contributed by atoms with Crippen LogP contribution >= 0.6 is 0 Å². The standard InChI is InChI=1S/C38H53NO3/c1-3-5-7-8-9-10-11-12-14-28-41-36-25-23-34(24-26-36)38(40)42-37-27-22-33(29-35(37)30-39)21-20-32-18-16-31(17-19-32)15-13-6-4-2/h3,22-27,29,31-32H,1,4-21,28H2,2H3/t31-,32-. The molecule has 0 N–H and O–H groups in total. The molecule has 2 aromatic carbocycles. The molecule has 4 nitrogen and oxygen atoms in total. The second-order valence-electron chi connectivity index (χ2n) is 12.2. The number of ether oxygens (including phenoxy) is 2. The van der Waals surface area contributed by atoms with Crippen LogP contribution in [0.2, 0.25) is 0 Å². The Morgan fingerprint density at radius 3 is 2.21 bits per heavy atom. The molecule has 2 aromatic rings. The van der Waals surface area contributed by atoms with Gasteiger partial charge in [0.2, 0.25) is 0 Å². The van der Waals surface area contributed by atoms with Gasteiger partial charge in [-0.3, -0.25) is 0 Å². The first-order valence-corrected chi connectivity index (χ1v) is 16.7. The molecule has 0 amide bonds. The largest absolute Gasteiger partial charge is 0.494 e. The molecule has 228 valence electrons. The quantitative estimate of drug-likeness (QED) is 0.0686. The van der Waals surface area contributed by atoms with E-state index >= 15 is 0 Å². The van der Waals surface area contributed by atoms with E-state index in [2.05, 4.69) is 19.6 Å². The van der Waals surface area contributed by atoms with Gasteiger partial charge in [-0.1, -0.05) is 103 Å². The minimum absolute atomic E-state index is 0.319. The van der Waals surface area contributed by atoms with E-state index in [4.69, 9.17) is 9.47 Å². The molecule has 0 heterocycles. The predicted octanol–water partition coefficient (Wildman–Crippen LogP) is 10.8. The summed E-state index contributed by atoms with van der Waals surface area (Å²) in [6.07, 6.45) is 24.7. The summed E-state index contributed by atoms with van der Waals surface area (Å²) in [5.41, 5.74) is 2.00. The molecular weight excluding hydrogens is 518 g/mol. The fourth-order valence-corrected chi connectivity index (χ4v) is 6.08. The number of hydrogen-bond donors (Lipinski definition) is 0. The summed E-state index contributed by atoms with van der Waals surface area (Å²) in [5, 5.41) is 9.73. The number of rotatable bonds is 20. The van der Waals surface area contributed by atoms with Gasteiger partial charge in [0.25, 0.3) is 0 Å². The number of carbonyl (C=O) groups is 1. The lowest BCUT2D eigenvalue weighted by molar-refractivity contribution is 0.0734. The van der Waals surface area contributed by atoms with E-state index in [1.807, 2.05) is 30.3 Å². The Labute approximate surface area is 255 Å². The van der Waals surface area contributed by atoms with Crippen LogP contribution in [-0.4, -0.2) is 12.6 Å². The summed E-state index contributed by atoms with van der Waals surface area (Å²) in [6.45, 7) is 6.72. The van der Waals surface area contributed by atoms with Crippen molar-refractivity contribution < 1.29 is 14.3 Å². The number of nitrogens with zero attached hydrogens (tertiary/aromatic N) is 1. The summed E-state index contributed by atoms with van der Waals surface area (Å²) in [4.78, 5) is 12.8. The number of carbonyl (C=O) groups excluding carboxylic acids is 1. The Morgan fingerprint density at radius 1 is 0.881 bits per heavy atom. The van der Waals surface area contributed by atoms with Crippen LogP contribution in [0.25, 0.3) is 0 Å². The predicted molar refractivity (Wildman–Crippen MR) is 173 cm³/mol. The van der Waals surface area contributed by atoms with Gasteiger partial charge in [-0.25, -0.2) is 4.79 Å². The third-order valence-electron chi connectivity index (χ3n) is 8.80. The molecule has 0 unspecified atom stereocenters. The van der Waals surface area contributed by atoms with Crippen LogP contribution in [0.3, 0.4) is 0 Å². The fourth-order valence-electron chi connectivity index (χ4n) is 6.08. The first-order valence-electron chi connectivity index (χ1n) is 16.7. The van der Waals surface area contributed by atoms with E-state index in [1.165, 1.54) is 89.9 Å². The highest BCUT2D eigenvalue weighted by atomic mass is 16.5. The lowest BCUT2D eigenvalue weighted by atomic mass is 9.78. The summed E-state index contributed by atoms with van der Waals surface area (Å²) in [7, 11) is 0. The lowest BCUT2D eigenvalue weighted by Gasteiger charge is -2.28. The molecule has 42 heavy (non-hydrogen) atoms. The smallest absolute Gasteiger partial charge is 0.343 e. The molecule has 0 bridgehead atoms. The van der Waals surface area contributed by atoms with Crippen molar-refractivity contribution in [3.05, 3.63) is 71.8 Å². The summed E-state index contributed by atoms with van der Waals surface area (Å²) < 4.78 is 11.5. The fraction of sp³-hybridized carbons (Fsp3) is 0.579. The zero-order valence-electron chi connectivity index (χ0n) is 26.1. The summed E-state index contributed by atoms with van der Waals surface area (Å²) in [6, 6.07) is 14.9. The van der Waals surface area contributed by atoms with Crippen molar-refractivity contribution >= 4 is 5.97 Å². The van der Waals surface area contributed by atoms with Crippen molar-refractivity contribution in [2.24, 2.45) is 11.8 Å². The van der Waals surface area contributed by atoms with E-state index in [0.29, 0.717) is 23.5 Å². The van der Waals surface area contributed by atoms with Crippen molar-refractivity contribution in [1.82, 2.24) is 0 Å². The zero-order valence-corrected chi connectivity index (χ0v) is 26.1. The normalized spacial score (nSPS) is 16.5. The molecule has 1 aliphatic carbocycles. The average molecular weight is 572 g/mol. The minimum Gasteiger partial charge on any atom is -0.494 e. The Hall–Kier alpha value is -3.06. The molecular formula is C38H53NO3. The van der Waals surface area contributed by atoms with Gasteiger partial charge in [-0.05, 0) is 85.9 Å². The first kappa shape index (κ1) is 33.4. The number of benzene rings is 2. The third kappa shape index (κ3) is 12.4. The van der Waals surface area contributed by atoms with Crippen LogP contribution in [0.5, 0.6) is 11.5 Å². The summed E-state index contributed by atoms with van der Waals surface area (Å²) in [5.74, 6) is 2.32. The van der Waals surface area contributed by atoms with Gasteiger partial charge >= 0.3 is 5.97 Å². The van der Waals surface area contributed by atoms with E-state index in [-0.39, 0.29) is 0 Å². The topological polar surface area (TPSA) is 59.3 Å². The Bertz CT molecular complexity index is 1090. The maximum atomic E-state index is 12.8. The number of nitriles is 1. The van der Waals surface area contributed by atoms with Gasteiger partial charge in [-0.2, -0.15) is 5.26 Å². The highest BCUT2D eigenvalue weighted by molar-refractivity contribution is 5.91. The van der Waals surface area contributed by atoms with Crippen LogP contribution in [-0.2, 0) is 6.42 Å². The van der Waals surface area contributed by atoms with Crippen molar-refractivity contribution in [2.45, 2.75) is 122 Å². The Kier molecular flexibility index (Phi) is 15.9. The lowest BCUT2D eigenvalue weighted by Crippen LogP contribution is -2.15. The van der Waals surface area contributed by atoms with Gasteiger partial charge in [0.05, 0.1) is 17.7 Å². The first-order chi connectivity index (χ1) is 20.6. The third-order valence-corrected chi connectivity index (χ3v) is 8.80. The van der Waals surface area contributed by atoms with E-state index in [9.17, 15) is 10.1 Å². The van der Waals surface area contributed by atoms with Crippen molar-refractivity contribution in [3.8, 4) is 17.6 Å².